The molecule has 2 aromatic rings. The molecular weight excluding hydrogens is 372 g/mol. The molecule has 2 aromatic carbocycles. The van der Waals surface area contributed by atoms with Crippen LogP contribution in [0, 0.1) is 19.8 Å². The topological polar surface area (TPSA) is 66.5 Å². The highest BCUT2D eigenvalue weighted by Gasteiger charge is 2.32. The van der Waals surface area contributed by atoms with Gasteiger partial charge < -0.3 is 5.32 Å². The maximum absolute atomic E-state index is 12.7. The van der Waals surface area contributed by atoms with Gasteiger partial charge in [-0.25, -0.2) is 8.42 Å². The van der Waals surface area contributed by atoms with E-state index in [1.807, 2.05) is 20.8 Å². The Morgan fingerprint density at radius 2 is 1.71 bits per heavy atom. The predicted molar refractivity (Wildman–Crippen MR) is 110 cm³/mol. The lowest BCUT2D eigenvalue weighted by Crippen LogP contribution is -2.43. The largest absolute Gasteiger partial charge is 0.349 e. The summed E-state index contributed by atoms with van der Waals surface area (Å²) in [5.41, 5.74) is 3.45. The standard InChI is InChI=1S/C22H28N2O3S/c1-16-9-10-17(2)21(15-16)18(3)23-22(25)19-11-13-24(14-12-19)28(26,27)20-7-5-4-6-8-20/h4-10,15,18-19H,11-14H2,1-3H3,(H,23,25)/t18-/m1/s1. The van der Waals surface area contributed by atoms with Gasteiger partial charge >= 0.3 is 0 Å². The van der Waals surface area contributed by atoms with Crippen LogP contribution < -0.4 is 5.32 Å². The SMILES string of the molecule is Cc1ccc(C)c([C@@H](C)NC(=O)C2CCN(S(=O)(=O)c3ccccc3)CC2)c1. The van der Waals surface area contributed by atoms with Crippen LogP contribution in [-0.2, 0) is 14.8 Å². The highest BCUT2D eigenvalue weighted by Crippen LogP contribution is 2.25. The number of aryl methyl sites for hydroxylation is 2. The van der Waals surface area contributed by atoms with Gasteiger partial charge in [-0.05, 0) is 56.9 Å². The first-order valence-corrected chi connectivity index (χ1v) is 11.2. The summed E-state index contributed by atoms with van der Waals surface area (Å²) < 4.78 is 26.9. The zero-order valence-electron chi connectivity index (χ0n) is 16.7. The highest BCUT2D eigenvalue weighted by molar-refractivity contribution is 7.89. The molecule has 0 unspecified atom stereocenters. The molecule has 1 aliphatic rings. The Kier molecular flexibility index (Phi) is 6.20. The summed E-state index contributed by atoms with van der Waals surface area (Å²) in [6.45, 7) is 6.82. The second-order valence-corrected chi connectivity index (χ2v) is 9.52. The van der Waals surface area contributed by atoms with Crippen molar-refractivity contribution in [3.8, 4) is 0 Å². The average Bonchev–Trinajstić information content (AvgIpc) is 2.70. The van der Waals surface area contributed by atoms with Crippen molar-refractivity contribution in [2.45, 2.75) is 44.6 Å². The van der Waals surface area contributed by atoms with Gasteiger partial charge in [0.2, 0.25) is 15.9 Å². The third-order valence-corrected chi connectivity index (χ3v) is 7.38. The molecule has 6 heteroatoms. The van der Waals surface area contributed by atoms with E-state index in [2.05, 4.69) is 23.5 Å². The van der Waals surface area contributed by atoms with E-state index in [0.717, 1.165) is 11.1 Å². The van der Waals surface area contributed by atoms with Crippen molar-refractivity contribution in [2.24, 2.45) is 5.92 Å². The summed E-state index contributed by atoms with van der Waals surface area (Å²) in [6.07, 6.45) is 1.08. The Labute approximate surface area is 167 Å². The molecule has 1 N–H and O–H groups in total. The van der Waals surface area contributed by atoms with Gasteiger partial charge in [-0.15, -0.1) is 0 Å². The monoisotopic (exact) mass is 400 g/mol. The van der Waals surface area contributed by atoms with Gasteiger partial charge in [-0.3, -0.25) is 4.79 Å². The number of benzene rings is 2. The van der Waals surface area contributed by atoms with E-state index >= 15 is 0 Å². The van der Waals surface area contributed by atoms with Crippen molar-refractivity contribution in [3.63, 3.8) is 0 Å². The molecule has 1 aliphatic heterocycles. The Hall–Kier alpha value is -2.18. The molecule has 0 aliphatic carbocycles. The molecule has 1 fully saturated rings. The Morgan fingerprint density at radius 3 is 2.36 bits per heavy atom. The Morgan fingerprint density at radius 1 is 1.07 bits per heavy atom. The number of amides is 1. The van der Waals surface area contributed by atoms with Crippen molar-refractivity contribution in [1.29, 1.82) is 0 Å². The van der Waals surface area contributed by atoms with Crippen LogP contribution in [0.5, 0.6) is 0 Å². The van der Waals surface area contributed by atoms with Crippen molar-refractivity contribution < 1.29 is 13.2 Å². The molecule has 0 saturated carbocycles. The first kappa shape index (κ1) is 20.6. The molecule has 1 atom stereocenters. The van der Waals surface area contributed by atoms with E-state index in [4.69, 9.17) is 0 Å². The van der Waals surface area contributed by atoms with Crippen molar-refractivity contribution in [1.82, 2.24) is 9.62 Å². The van der Waals surface area contributed by atoms with Crippen molar-refractivity contribution in [3.05, 3.63) is 65.2 Å². The third kappa shape index (κ3) is 4.45. The number of carbonyl (C=O) groups excluding carboxylic acids is 1. The zero-order chi connectivity index (χ0) is 20.3. The lowest BCUT2D eigenvalue weighted by Gasteiger charge is -2.31. The Balaban J connectivity index is 1.60. The maximum atomic E-state index is 12.7. The normalized spacial score (nSPS) is 17.2. The van der Waals surface area contributed by atoms with Gasteiger partial charge in [-0.2, -0.15) is 4.31 Å². The molecule has 1 heterocycles. The molecule has 28 heavy (non-hydrogen) atoms. The maximum Gasteiger partial charge on any atom is 0.243 e. The molecule has 1 amide bonds. The number of nitrogens with zero attached hydrogens (tertiary/aromatic N) is 1. The fourth-order valence-corrected chi connectivity index (χ4v) is 5.23. The van der Waals surface area contributed by atoms with Gasteiger partial charge in [0.1, 0.15) is 0 Å². The Bertz CT molecular complexity index is 934. The minimum absolute atomic E-state index is 0.00478. The zero-order valence-corrected chi connectivity index (χ0v) is 17.5. The summed E-state index contributed by atoms with van der Waals surface area (Å²) >= 11 is 0. The molecule has 0 radical (unpaired) electrons. The lowest BCUT2D eigenvalue weighted by molar-refractivity contribution is -0.126. The minimum Gasteiger partial charge on any atom is -0.349 e. The van der Waals surface area contributed by atoms with E-state index < -0.39 is 10.0 Å². The number of nitrogens with one attached hydrogen (secondary N) is 1. The van der Waals surface area contributed by atoms with Gasteiger partial charge in [0, 0.05) is 19.0 Å². The van der Waals surface area contributed by atoms with Crippen molar-refractivity contribution in [2.75, 3.05) is 13.1 Å². The van der Waals surface area contributed by atoms with Crippen LogP contribution in [0.25, 0.3) is 0 Å². The van der Waals surface area contributed by atoms with E-state index in [0.29, 0.717) is 30.8 Å². The highest BCUT2D eigenvalue weighted by atomic mass is 32.2. The van der Waals surface area contributed by atoms with E-state index in [1.165, 1.54) is 9.87 Å². The van der Waals surface area contributed by atoms with Crippen LogP contribution in [0.2, 0.25) is 0 Å². The smallest absolute Gasteiger partial charge is 0.243 e. The third-order valence-electron chi connectivity index (χ3n) is 5.47. The summed E-state index contributed by atoms with van der Waals surface area (Å²) in [6, 6.07) is 14.6. The van der Waals surface area contributed by atoms with Crippen LogP contribution in [-0.4, -0.2) is 31.7 Å². The minimum atomic E-state index is -3.49. The molecule has 1 saturated heterocycles. The number of hydrogen-bond donors (Lipinski definition) is 1. The molecule has 3 rings (SSSR count). The number of carbonyl (C=O) groups is 1. The van der Waals surface area contributed by atoms with Crippen LogP contribution in [0.15, 0.2) is 53.4 Å². The van der Waals surface area contributed by atoms with Crippen LogP contribution in [0.3, 0.4) is 0 Å². The van der Waals surface area contributed by atoms with Gasteiger partial charge in [0.25, 0.3) is 0 Å². The molecule has 0 spiro atoms. The van der Waals surface area contributed by atoms with Crippen LogP contribution in [0.1, 0.15) is 42.5 Å². The molecule has 0 aromatic heterocycles. The van der Waals surface area contributed by atoms with Crippen molar-refractivity contribution >= 4 is 15.9 Å². The first-order chi connectivity index (χ1) is 13.3. The van der Waals surface area contributed by atoms with Crippen LogP contribution in [0.4, 0.5) is 0 Å². The fraction of sp³-hybridized carbons (Fsp3) is 0.409. The number of sulfonamides is 1. The van der Waals surface area contributed by atoms with Gasteiger partial charge in [-0.1, -0.05) is 42.0 Å². The number of piperidine rings is 1. The summed E-state index contributed by atoms with van der Waals surface area (Å²) in [7, 11) is -3.49. The number of hydrogen-bond acceptors (Lipinski definition) is 3. The lowest BCUT2D eigenvalue weighted by atomic mass is 9.95. The van der Waals surface area contributed by atoms with E-state index in [9.17, 15) is 13.2 Å². The first-order valence-electron chi connectivity index (χ1n) is 9.72. The fourth-order valence-electron chi connectivity index (χ4n) is 3.74. The predicted octanol–water partition coefficient (Wildman–Crippen LogP) is 3.58. The molecule has 5 nitrogen and oxygen atoms in total. The second kappa shape index (κ2) is 8.45. The quantitative estimate of drug-likeness (QED) is 0.834. The second-order valence-electron chi connectivity index (χ2n) is 7.58. The number of rotatable bonds is 5. The van der Waals surface area contributed by atoms with E-state index in [-0.39, 0.29) is 17.9 Å². The van der Waals surface area contributed by atoms with E-state index in [1.54, 1.807) is 30.3 Å². The average molecular weight is 401 g/mol. The molecular formula is C22H28N2O3S. The summed E-state index contributed by atoms with van der Waals surface area (Å²) in [4.78, 5) is 13.0. The van der Waals surface area contributed by atoms with Gasteiger partial charge in [0.15, 0.2) is 0 Å². The molecule has 0 bridgehead atoms. The summed E-state index contributed by atoms with van der Waals surface area (Å²) in [5.74, 6) is -0.153. The van der Waals surface area contributed by atoms with Crippen LogP contribution >= 0.6 is 0 Å². The summed E-state index contributed by atoms with van der Waals surface area (Å²) in [5, 5.41) is 3.11. The van der Waals surface area contributed by atoms with Gasteiger partial charge in [0.05, 0.1) is 10.9 Å². The molecule has 150 valence electrons.